The minimum absolute atomic E-state index is 0.0600. The predicted octanol–water partition coefficient (Wildman–Crippen LogP) is 3.12. The number of hydrogen-bond acceptors (Lipinski definition) is 3. The third kappa shape index (κ3) is 4.86. The zero-order valence-electron chi connectivity index (χ0n) is 14.6. The molecule has 0 radical (unpaired) electrons. The lowest BCUT2D eigenvalue weighted by molar-refractivity contribution is -0.116. The molecule has 134 valence electrons. The van der Waals surface area contributed by atoms with Gasteiger partial charge in [-0.15, -0.1) is 0 Å². The van der Waals surface area contributed by atoms with Crippen molar-refractivity contribution in [2.24, 2.45) is 5.92 Å². The molecule has 0 bridgehead atoms. The quantitative estimate of drug-likeness (QED) is 0.813. The van der Waals surface area contributed by atoms with Crippen molar-refractivity contribution in [3.05, 3.63) is 48.8 Å². The molecule has 2 N–H and O–H groups in total. The van der Waals surface area contributed by atoms with Gasteiger partial charge in [0.1, 0.15) is 0 Å². The van der Waals surface area contributed by atoms with Crippen molar-refractivity contribution in [1.29, 1.82) is 0 Å². The van der Waals surface area contributed by atoms with Crippen molar-refractivity contribution in [3.8, 4) is 0 Å². The van der Waals surface area contributed by atoms with Crippen molar-refractivity contribution < 1.29 is 9.90 Å². The van der Waals surface area contributed by atoms with Crippen molar-refractivity contribution >= 4 is 17.3 Å². The summed E-state index contributed by atoms with van der Waals surface area (Å²) in [5.74, 6) is 0.469. The SMILES string of the molecule is O=C(CCCn1cccc1)Nc1ccccc1N1CCC(CO)CC1. The number of amides is 1. The van der Waals surface area contributed by atoms with Gasteiger partial charge in [0.15, 0.2) is 0 Å². The normalized spacial score (nSPS) is 15.3. The second-order valence-corrected chi connectivity index (χ2v) is 6.70. The third-order valence-electron chi connectivity index (χ3n) is 4.88. The Balaban J connectivity index is 1.54. The van der Waals surface area contributed by atoms with Crippen molar-refractivity contribution in [2.45, 2.75) is 32.2 Å². The average molecular weight is 341 g/mol. The molecular formula is C20H27N3O2. The molecule has 0 unspecified atom stereocenters. The van der Waals surface area contributed by atoms with Crippen LogP contribution in [0.15, 0.2) is 48.8 Å². The Morgan fingerprint density at radius 2 is 1.84 bits per heavy atom. The van der Waals surface area contributed by atoms with Gasteiger partial charge >= 0.3 is 0 Å². The molecule has 2 aromatic rings. The van der Waals surface area contributed by atoms with E-state index >= 15 is 0 Å². The van der Waals surface area contributed by atoms with E-state index in [2.05, 4.69) is 20.9 Å². The summed E-state index contributed by atoms with van der Waals surface area (Å²) in [4.78, 5) is 14.6. The Kier molecular flexibility index (Phi) is 6.12. The number of rotatable bonds is 7. The van der Waals surface area contributed by atoms with Crippen LogP contribution < -0.4 is 10.2 Å². The van der Waals surface area contributed by atoms with Crippen LogP contribution in [0.25, 0.3) is 0 Å². The number of anilines is 2. The molecule has 25 heavy (non-hydrogen) atoms. The molecule has 0 atom stereocenters. The first-order chi connectivity index (χ1) is 12.3. The van der Waals surface area contributed by atoms with Crippen LogP contribution in [0, 0.1) is 5.92 Å². The topological polar surface area (TPSA) is 57.5 Å². The lowest BCUT2D eigenvalue weighted by Crippen LogP contribution is -2.35. The first-order valence-corrected chi connectivity index (χ1v) is 9.11. The molecule has 1 aromatic heterocycles. The van der Waals surface area contributed by atoms with Crippen LogP contribution in [-0.4, -0.2) is 35.3 Å². The van der Waals surface area contributed by atoms with E-state index in [1.54, 1.807) is 0 Å². The number of carbonyl (C=O) groups excluding carboxylic acids is 1. The number of nitrogens with one attached hydrogen (secondary N) is 1. The Hall–Kier alpha value is -2.27. The zero-order chi connectivity index (χ0) is 17.5. The van der Waals surface area contributed by atoms with Gasteiger partial charge in [-0.3, -0.25) is 4.79 Å². The highest BCUT2D eigenvalue weighted by Gasteiger charge is 2.20. The zero-order valence-corrected chi connectivity index (χ0v) is 14.6. The Morgan fingerprint density at radius 1 is 1.12 bits per heavy atom. The van der Waals surface area contributed by atoms with Gasteiger partial charge in [0.25, 0.3) is 0 Å². The molecular weight excluding hydrogens is 314 g/mol. The summed E-state index contributed by atoms with van der Waals surface area (Å²) in [6.45, 7) is 2.97. The van der Waals surface area contributed by atoms with Crippen LogP contribution >= 0.6 is 0 Å². The summed E-state index contributed by atoms with van der Waals surface area (Å²) in [7, 11) is 0. The summed E-state index contributed by atoms with van der Waals surface area (Å²) in [6.07, 6.45) is 7.36. The second-order valence-electron chi connectivity index (χ2n) is 6.70. The number of aliphatic hydroxyl groups is 1. The number of benzene rings is 1. The highest BCUT2D eigenvalue weighted by molar-refractivity contribution is 5.94. The van der Waals surface area contributed by atoms with E-state index in [4.69, 9.17) is 0 Å². The molecule has 2 heterocycles. The molecule has 1 saturated heterocycles. The summed E-state index contributed by atoms with van der Waals surface area (Å²) < 4.78 is 2.09. The summed E-state index contributed by atoms with van der Waals surface area (Å²) in [5, 5.41) is 12.4. The summed E-state index contributed by atoms with van der Waals surface area (Å²) >= 11 is 0. The van der Waals surface area contributed by atoms with E-state index in [0.717, 1.165) is 50.3 Å². The lowest BCUT2D eigenvalue weighted by atomic mass is 9.97. The van der Waals surface area contributed by atoms with Crippen molar-refractivity contribution in [2.75, 3.05) is 29.9 Å². The van der Waals surface area contributed by atoms with Crippen LogP contribution in [0.5, 0.6) is 0 Å². The molecule has 1 amide bonds. The first kappa shape index (κ1) is 17.5. The molecule has 5 heteroatoms. The fourth-order valence-corrected chi connectivity index (χ4v) is 3.37. The van der Waals surface area contributed by atoms with Crippen molar-refractivity contribution in [1.82, 2.24) is 4.57 Å². The van der Waals surface area contributed by atoms with Crippen molar-refractivity contribution in [3.63, 3.8) is 0 Å². The van der Waals surface area contributed by atoms with Gasteiger partial charge in [0.05, 0.1) is 11.4 Å². The highest BCUT2D eigenvalue weighted by Crippen LogP contribution is 2.29. The molecule has 1 aliphatic rings. The number of piperidine rings is 1. The van der Waals surface area contributed by atoms with Gasteiger partial charge in [0, 0.05) is 45.1 Å². The maximum Gasteiger partial charge on any atom is 0.224 e. The smallest absolute Gasteiger partial charge is 0.224 e. The van der Waals surface area contributed by atoms with Gasteiger partial charge < -0.3 is 19.9 Å². The van der Waals surface area contributed by atoms with E-state index in [1.807, 2.05) is 42.7 Å². The molecule has 1 fully saturated rings. The molecule has 0 spiro atoms. The number of carbonyl (C=O) groups is 1. The number of aromatic nitrogens is 1. The second kappa shape index (κ2) is 8.72. The lowest BCUT2D eigenvalue weighted by Gasteiger charge is -2.34. The first-order valence-electron chi connectivity index (χ1n) is 9.11. The maximum atomic E-state index is 12.3. The van der Waals surface area contributed by atoms with Crippen LogP contribution in [0.3, 0.4) is 0 Å². The van der Waals surface area contributed by atoms with E-state index < -0.39 is 0 Å². The van der Waals surface area contributed by atoms with Crippen LogP contribution in [-0.2, 0) is 11.3 Å². The number of aliphatic hydroxyl groups excluding tert-OH is 1. The van der Waals surface area contributed by atoms with Gasteiger partial charge in [-0.2, -0.15) is 0 Å². The van der Waals surface area contributed by atoms with Crippen LogP contribution in [0.2, 0.25) is 0 Å². The number of nitrogens with zero attached hydrogens (tertiary/aromatic N) is 2. The molecule has 1 aromatic carbocycles. The fourth-order valence-electron chi connectivity index (χ4n) is 3.37. The number of aryl methyl sites for hydroxylation is 1. The van der Waals surface area contributed by atoms with E-state index in [-0.39, 0.29) is 12.5 Å². The number of hydrogen-bond donors (Lipinski definition) is 2. The van der Waals surface area contributed by atoms with Crippen LogP contribution in [0.4, 0.5) is 11.4 Å². The summed E-state index contributed by atoms with van der Waals surface area (Å²) in [5.41, 5.74) is 1.97. The summed E-state index contributed by atoms with van der Waals surface area (Å²) in [6, 6.07) is 12.0. The fraction of sp³-hybridized carbons (Fsp3) is 0.450. The largest absolute Gasteiger partial charge is 0.396 e. The standard InChI is InChI=1S/C20H27N3O2/c24-16-17-9-14-23(15-10-17)19-7-2-1-6-18(19)21-20(25)8-5-13-22-11-3-4-12-22/h1-4,6-7,11-12,17,24H,5,8-10,13-16H2,(H,21,25). The van der Waals surface area contributed by atoms with Gasteiger partial charge in [0.2, 0.25) is 5.91 Å². The Labute approximate surface area is 149 Å². The minimum Gasteiger partial charge on any atom is -0.396 e. The van der Waals surface area contributed by atoms with E-state index in [1.165, 1.54) is 0 Å². The highest BCUT2D eigenvalue weighted by atomic mass is 16.3. The molecule has 0 aliphatic carbocycles. The monoisotopic (exact) mass is 341 g/mol. The average Bonchev–Trinajstić information content (AvgIpc) is 3.16. The maximum absolute atomic E-state index is 12.3. The molecule has 5 nitrogen and oxygen atoms in total. The molecule has 1 aliphatic heterocycles. The minimum atomic E-state index is 0.0600. The number of para-hydroxylation sites is 2. The molecule has 3 rings (SSSR count). The Bertz CT molecular complexity index is 661. The van der Waals surface area contributed by atoms with Gasteiger partial charge in [-0.1, -0.05) is 12.1 Å². The van der Waals surface area contributed by atoms with Gasteiger partial charge in [-0.25, -0.2) is 0 Å². The molecule has 0 saturated carbocycles. The van der Waals surface area contributed by atoms with E-state index in [9.17, 15) is 9.90 Å². The third-order valence-corrected chi connectivity index (χ3v) is 4.88. The van der Waals surface area contributed by atoms with Gasteiger partial charge in [-0.05, 0) is 49.4 Å². The predicted molar refractivity (Wildman–Crippen MR) is 101 cm³/mol. The van der Waals surface area contributed by atoms with E-state index in [0.29, 0.717) is 12.3 Å². The van der Waals surface area contributed by atoms with Crippen LogP contribution in [0.1, 0.15) is 25.7 Å². The Morgan fingerprint density at radius 3 is 2.56 bits per heavy atom.